The number of carbonyl (C=O) groups is 3. The third kappa shape index (κ3) is 3.35. The Labute approximate surface area is 167 Å². The molecule has 1 spiro atoms. The normalized spacial score (nSPS) is 18.9. The highest BCUT2D eigenvalue weighted by molar-refractivity contribution is 6.11. The largest absolute Gasteiger partial charge is 0.325 e. The van der Waals surface area contributed by atoms with Crippen LogP contribution in [0.1, 0.15) is 38.4 Å². The van der Waals surface area contributed by atoms with Gasteiger partial charge in [-0.15, -0.1) is 0 Å². The summed E-state index contributed by atoms with van der Waals surface area (Å²) in [6, 6.07) is 5.54. The number of anilines is 1. The van der Waals surface area contributed by atoms with Gasteiger partial charge in [-0.05, 0) is 44.0 Å². The first kappa shape index (κ1) is 19.1. The highest BCUT2D eigenvalue weighted by Gasteiger charge is 2.54. The number of carbonyl (C=O) groups excluding carboxylic acids is 3. The Hall–Kier alpha value is -3.27. The Morgan fingerprint density at radius 3 is 2.59 bits per heavy atom. The van der Waals surface area contributed by atoms with Crippen molar-refractivity contribution in [2.45, 2.75) is 50.7 Å². The number of H-pyrrole nitrogens is 1. The molecule has 4 rings (SSSR count). The van der Waals surface area contributed by atoms with Crippen molar-refractivity contribution in [1.82, 2.24) is 25.4 Å². The summed E-state index contributed by atoms with van der Waals surface area (Å²) >= 11 is 0. The van der Waals surface area contributed by atoms with E-state index in [1.807, 2.05) is 0 Å². The molecule has 1 atom stereocenters. The minimum atomic E-state index is -0.915. The van der Waals surface area contributed by atoms with Crippen LogP contribution < -0.4 is 16.4 Å². The standard InChI is InChI=1S/C19H23N7O3/c1-11(26-17(28)19(23-18(26)29)8-2-3-9-19)16(27)21-13-6-4-12(5-7-13)15-22-14(10-20)24-25-15/h4-7,11H,2-3,8-10,20H2,1H3,(H,21,27)(H,23,29)(H,22,24,25). The zero-order valence-electron chi connectivity index (χ0n) is 16.1. The number of urea groups is 1. The van der Waals surface area contributed by atoms with Crippen molar-refractivity contribution in [1.29, 1.82) is 0 Å². The summed E-state index contributed by atoms with van der Waals surface area (Å²) in [6.45, 7) is 1.82. The quantitative estimate of drug-likeness (QED) is 0.556. The van der Waals surface area contributed by atoms with Gasteiger partial charge in [0, 0.05) is 11.3 Å². The molecular formula is C19H23N7O3. The zero-order valence-corrected chi connectivity index (χ0v) is 16.1. The lowest BCUT2D eigenvalue weighted by Gasteiger charge is -2.23. The molecule has 0 bridgehead atoms. The van der Waals surface area contributed by atoms with E-state index in [1.165, 1.54) is 0 Å². The molecule has 1 aliphatic heterocycles. The molecule has 10 heteroatoms. The van der Waals surface area contributed by atoms with E-state index in [0.717, 1.165) is 23.3 Å². The lowest BCUT2D eigenvalue weighted by molar-refractivity contribution is -0.136. The summed E-state index contributed by atoms with van der Waals surface area (Å²) in [7, 11) is 0. The van der Waals surface area contributed by atoms with Gasteiger partial charge in [0.25, 0.3) is 5.91 Å². The van der Waals surface area contributed by atoms with E-state index in [1.54, 1.807) is 31.2 Å². The van der Waals surface area contributed by atoms with Crippen molar-refractivity contribution >= 4 is 23.5 Å². The maximum absolute atomic E-state index is 12.8. The predicted octanol–water partition coefficient (Wildman–Crippen LogP) is 1.12. The van der Waals surface area contributed by atoms with E-state index in [4.69, 9.17) is 5.73 Å². The molecule has 10 nitrogen and oxygen atoms in total. The van der Waals surface area contributed by atoms with Crippen molar-refractivity contribution in [3.8, 4) is 11.4 Å². The maximum atomic E-state index is 12.8. The minimum absolute atomic E-state index is 0.267. The van der Waals surface area contributed by atoms with Gasteiger partial charge in [0.2, 0.25) is 5.91 Å². The summed E-state index contributed by atoms with van der Waals surface area (Å²) in [6.07, 6.45) is 3.03. The van der Waals surface area contributed by atoms with Gasteiger partial charge < -0.3 is 16.4 Å². The topological polar surface area (TPSA) is 146 Å². The first-order valence-corrected chi connectivity index (χ1v) is 9.62. The molecule has 1 saturated carbocycles. The lowest BCUT2D eigenvalue weighted by Crippen LogP contribution is -2.48. The number of rotatable bonds is 5. The lowest BCUT2D eigenvalue weighted by atomic mass is 9.97. The number of aromatic amines is 1. The van der Waals surface area contributed by atoms with Crippen LogP contribution in [0.2, 0.25) is 0 Å². The molecule has 1 unspecified atom stereocenters. The molecule has 2 fully saturated rings. The smallest absolute Gasteiger partial charge is 0.324 e. The molecule has 29 heavy (non-hydrogen) atoms. The Balaban J connectivity index is 1.43. The highest BCUT2D eigenvalue weighted by Crippen LogP contribution is 2.35. The van der Waals surface area contributed by atoms with Crippen molar-refractivity contribution in [2.24, 2.45) is 5.73 Å². The molecule has 1 aromatic carbocycles. The fourth-order valence-corrected chi connectivity index (χ4v) is 3.89. The third-order valence-corrected chi connectivity index (χ3v) is 5.55. The van der Waals surface area contributed by atoms with Crippen LogP contribution in [0, 0.1) is 0 Å². The molecule has 2 heterocycles. The van der Waals surface area contributed by atoms with E-state index >= 15 is 0 Å². The zero-order chi connectivity index (χ0) is 20.6. The number of nitrogens with two attached hydrogens (primary N) is 1. The van der Waals surface area contributed by atoms with Crippen LogP contribution in [0.3, 0.4) is 0 Å². The Kier molecular flexibility index (Phi) is 4.79. The number of benzene rings is 1. The molecule has 4 amide bonds. The van der Waals surface area contributed by atoms with Crippen molar-refractivity contribution in [3.63, 3.8) is 0 Å². The Morgan fingerprint density at radius 2 is 1.97 bits per heavy atom. The minimum Gasteiger partial charge on any atom is -0.324 e. The number of aromatic nitrogens is 3. The number of amides is 4. The van der Waals surface area contributed by atoms with Crippen LogP contribution in [0.5, 0.6) is 0 Å². The summed E-state index contributed by atoms with van der Waals surface area (Å²) in [5, 5.41) is 12.4. The van der Waals surface area contributed by atoms with Gasteiger partial charge in [0.1, 0.15) is 17.4 Å². The molecule has 1 aliphatic carbocycles. The summed E-state index contributed by atoms with van der Waals surface area (Å²) in [5.41, 5.74) is 6.01. The van der Waals surface area contributed by atoms with Gasteiger partial charge in [-0.25, -0.2) is 14.7 Å². The second-order valence-electron chi connectivity index (χ2n) is 7.45. The fraction of sp³-hybridized carbons (Fsp3) is 0.421. The van der Waals surface area contributed by atoms with Crippen molar-refractivity contribution in [3.05, 3.63) is 30.1 Å². The summed E-state index contributed by atoms with van der Waals surface area (Å²) in [4.78, 5) is 43.1. The number of hydrogen-bond acceptors (Lipinski definition) is 6. The van der Waals surface area contributed by atoms with Crippen LogP contribution in [-0.4, -0.2) is 49.5 Å². The van der Waals surface area contributed by atoms with Gasteiger partial charge in [-0.1, -0.05) is 12.8 Å². The number of imide groups is 1. The molecule has 0 radical (unpaired) electrons. The molecular weight excluding hydrogens is 374 g/mol. The average molecular weight is 397 g/mol. The van der Waals surface area contributed by atoms with E-state index in [9.17, 15) is 14.4 Å². The van der Waals surface area contributed by atoms with E-state index in [0.29, 0.717) is 30.2 Å². The molecule has 152 valence electrons. The van der Waals surface area contributed by atoms with Crippen LogP contribution in [0.25, 0.3) is 11.4 Å². The number of nitrogens with one attached hydrogen (secondary N) is 3. The first-order valence-electron chi connectivity index (χ1n) is 9.62. The van der Waals surface area contributed by atoms with Crippen LogP contribution in [-0.2, 0) is 16.1 Å². The fourth-order valence-electron chi connectivity index (χ4n) is 3.89. The van der Waals surface area contributed by atoms with Gasteiger partial charge >= 0.3 is 6.03 Å². The molecule has 1 saturated heterocycles. The predicted molar refractivity (Wildman–Crippen MR) is 104 cm³/mol. The van der Waals surface area contributed by atoms with Gasteiger partial charge in [0.15, 0.2) is 5.82 Å². The second kappa shape index (κ2) is 7.28. The Morgan fingerprint density at radius 1 is 1.28 bits per heavy atom. The molecule has 2 aliphatic rings. The SMILES string of the molecule is CC(C(=O)Nc1ccc(-c2n[nH]c(CN)n2)cc1)N1C(=O)NC2(CCCC2)C1=O. The number of hydrogen-bond donors (Lipinski definition) is 4. The van der Waals surface area contributed by atoms with E-state index < -0.39 is 23.5 Å². The average Bonchev–Trinajstić information content (AvgIpc) is 3.43. The third-order valence-electron chi connectivity index (χ3n) is 5.55. The molecule has 5 N–H and O–H groups in total. The van der Waals surface area contributed by atoms with Crippen LogP contribution in [0.15, 0.2) is 24.3 Å². The van der Waals surface area contributed by atoms with Crippen molar-refractivity contribution in [2.75, 3.05) is 5.32 Å². The molecule has 2 aromatic rings. The first-order chi connectivity index (χ1) is 13.9. The van der Waals surface area contributed by atoms with Crippen LogP contribution >= 0.6 is 0 Å². The number of nitrogens with zero attached hydrogens (tertiary/aromatic N) is 3. The summed E-state index contributed by atoms with van der Waals surface area (Å²) < 4.78 is 0. The van der Waals surface area contributed by atoms with Gasteiger partial charge in [-0.3, -0.25) is 14.7 Å². The van der Waals surface area contributed by atoms with E-state index in [-0.39, 0.29) is 12.5 Å². The molecule has 1 aromatic heterocycles. The second-order valence-corrected chi connectivity index (χ2v) is 7.45. The van der Waals surface area contributed by atoms with Crippen molar-refractivity contribution < 1.29 is 14.4 Å². The van der Waals surface area contributed by atoms with Gasteiger partial charge in [0.05, 0.1) is 6.54 Å². The van der Waals surface area contributed by atoms with Gasteiger partial charge in [-0.2, -0.15) is 5.10 Å². The maximum Gasteiger partial charge on any atom is 0.325 e. The van der Waals surface area contributed by atoms with Crippen LogP contribution in [0.4, 0.5) is 10.5 Å². The Bertz CT molecular complexity index is 947. The monoisotopic (exact) mass is 397 g/mol. The van der Waals surface area contributed by atoms with E-state index in [2.05, 4.69) is 25.8 Å². The summed E-state index contributed by atoms with van der Waals surface area (Å²) in [5.74, 6) is 0.357. The highest BCUT2D eigenvalue weighted by atomic mass is 16.2.